The van der Waals surface area contributed by atoms with Gasteiger partial charge in [-0.1, -0.05) is 57.9 Å². The van der Waals surface area contributed by atoms with Gasteiger partial charge in [-0.3, -0.25) is 0 Å². The SMILES string of the molecule is C=CN1C2CCCCC2C2CC(CC3CCCC4CCCCC43)CCC21. The van der Waals surface area contributed by atoms with Gasteiger partial charge in [0.15, 0.2) is 0 Å². The third-order valence-electron chi connectivity index (χ3n) is 9.64. The van der Waals surface area contributed by atoms with Crippen molar-refractivity contribution in [2.24, 2.45) is 35.5 Å². The molecular formula is C25H41N. The van der Waals surface area contributed by atoms with E-state index in [2.05, 4.69) is 17.7 Å². The summed E-state index contributed by atoms with van der Waals surface area (Å²) in [5, 5.41) is 0. The van der Waals surface area contributed by atoms with Gasteiger partial charge in [-0.25, -0.2) is 0 Å². The molecule has 5 fully saturated rings. The molecule has 0 aromatic carbocycles. The van der Waals surface area contributed by atoms with Gasteiger partial charge in [-0.05, 0) is 86.7 Å². The summed E-state index contributed by atoms with van der Waals surface area (Å²) in [5.74, 6) is 6.38. The second kappa shape index (κ2) is 7.51. The highest BCUT2D eigenvalue weighted by molar-refractivity contribution is 5.06. The molecule has 0 aromatic heterocycles. The van der Waals surface area contributed by atoms with Crippen molar-refractivity contribution in [2.75, 3.05) is 0 Å². The van der Waals surface area contributed by atoms with Crippen LogP contribution in [-0.2, 0) is 0 Å². The molecule has 1 heterocycles. The zero-order chi connectivity index (χ0) is 17.5. The topological polar surface area (TPSA) is 3.24 Å². The summed E-state index contributed by atoms with van der Waals surface area (Å²) in [7, 11) is 0. The Labute approximate surface area is 162 Å². The summed E-state index contributed by atoms with van der Waals surface area (Å²) >= 11 is 0. The lowest BCUT2D eigenvalue weighted by Gasteiger charge is -2.44. The Kier molecular flexibility index (Phi) is 5.09. The number of hydrogen-bond acceptors (Lipinski definition) is 1. The molecule has 0 aromatic rings. The van der Waals surface area contributed by atoms with Crippen molar-refractivity contribution in [3.8, 4) is 0 Å². The molecule has 8 atom stereocenters. The number of nitrogens with zero attached hydrogens (tertiary/aromatic N) is 1. The van der Waals surface area contributed by atoms with E-state index in [9.17, 15) is 0 Å². The summed E-state index contributed by atoms with van der Waals surface area (Å²) in [6.07, 6.45) is 25.1. The fourth-order valence-corrected chi connectivity index (χ4v) is 8.64. The van der Waals surface area contributed by atoms with Crippen LogP contribution in [0.2, 0.25) is 0 Å². The van der Waals surface area contributed by atoms with Gasteiger partial charge in [0, 0.05) is 12.1 Å². The van der Waals surface area contributed by atoms with Crippen molar-refractivity contribution in [3.63, 3.8) is 0 Å². The predicted octanol–water partition coefficient (Wildman–Crippen LogP) is 6.79. The first-order valence-corrected chi connectivity index (χ1v) is 12.2. The molecule has 0 bridgehead atoms. The molecule has 1 aliphatic heterocycles. The van der Waals surface area contributed by atoms with E-state index in [1.807, 2.05) is 0 Å². The average molecular weight is 356 g/mol. The molecule has 0 N–H and O–H groups in total. The molecule has 5 rings (SSSR count). The maximum absolute atomic E-state index is 4.21. The van der Waals surface area contributed by atoms with Gasteiger partial charge in [-0.2, -0.15) is 0 Å². The van der Waals surface area contributed by atoms with Crippen LogP contribution in [0.25, 0.3) is 0 Å². The lowest BCUT2D eigenvalue weighted by molar-refractivity contribution is 0.0685. The van der Waals surface area contributed by atoms with Crippen molar-refractivity contribution < 1.29 is 0 Å². The van der Waals surface area contributed by atoms with Crippen LogP contribution < -0.4 is 0 Å². The molecule has 4 saturated carbocycles. The van der Waals surface area contributed by atoms with Crippen molar-refractivity contribution >= 4 is 0 Å². The van der Waals surface area contributed by atoms with Gasteiger partial charge >= 0.3 is 0 Å². The molecule has 26 heavy (non-hydrogen) atoms. The Morgan fingerprint density at radius 1 is 0.692 bits per heavy atom. The van der Waals surface area contributed by atoms with E-state index in [1.165, 1.54) is 51.4 Å². The van der Waals surface area contributed by atoms with Crippen LogP contribution in [0.4, 0.5) is 0 Å². The van der Waals surface area contributed by atoms with E-state index in [0.717, 1.165) is 47.6 Å². The third-order valence-corrected chi connectivity index (χ3v) is 9.64. The second-order valence-electron chi connectivity index (χ2n) is 10.7. The van der Waals surface area contributed by atoms with Crippen LogP contribution in [-0.4, -0.2) is 17.0 Å². The zero-order valence-corrected chi connectivity index (χ0v) is 17.0. The number of likely N-dealkylation sites (tertiary alicyclic amines) is 1. The smallest absolute Gasteiger partial charge is 0.0319 e. The quantitative estimate of drug-likeness (QED) is 0.539. The summed E-state index contributed by atoms with van der Waals surface area (Å²) < 4.78 is 0. The molecule has 1 heteroatoms. The highest BCUT2D eigenvalue weighted by Gasteiger charge is 2.50. The van der Waals surface area contributed by atoms with Crippen LogP contribution in [0.5, 0.6) is 0 Å². The molecule has 1 nitrogen and oxygen atoms in total. The van der Waals surface area contributed by atoms with Gasteiger partial charge in [0.05, 0.1) is 0 Å². The summed E-state index contributed by atoms with van der Waals surface area (Å²) in [6.45, 7) is 4.21. The lowest BCUT2D eigenvalue weighted by atomic mass is 9.61. The van der Waals surface area contributed by atoms with E-state index in [1.54, 1.807) is 44.9 Å². The Hall–Kier alpha value is -0.460. The monoisotopic (exact) mass is 355 g/mol. The Morgan fingerprint density at radius 2 is 1.42 bits per heavy atom. The molecule has 0 radical (unpaired) electrons. The second-order valence-corrected chi connectivity index (χ2v) is 10.7. The first kappa shape index (κ1) is 17.6. The summed E-state index contributed by atoms with van der Waals surface area (Å²) in [4.78, 5) is 2.74. The first-order chi connectivity index (χ1) is 12.8. The molecule has 0 amide bonds. The molecule has 1 saturated heterocycles. The minimum Gasteiger partial charge on any atom is -0.371 e. The van der Waals surface area contributed by atoms with Crippen LogP contribution in [0.3, 0.4) is 0 Å². The maximum atomic E-state index is 4.21. The van der Waals surface area contributed by atoms with Crippen molar-refractivity contribution in [1.82, 2.24) is 4.90 Å². The average Bonchev–Trinajstić information content (AvgIpc) is 3.01. The predicted molar refractivity (Wildman–Crippen MR) is 110 cm³/mol. The van der Waals surface area contributed by atoms with E-state index in [-0.39, 0.29) is 0 Å². The fourth-order valence-electron chi connectivity index (χ4n) is 8.64. The largest absolute Gasteiger partial charge is 0.371 e. The highest BCUT2D eigenvalue weighted by atomic mass is 15.2. The zero-order valence-electron chi connectivity index (χ0n) is 17.0. The molecule has 5 aliphatic rings. The normalized spacial score (nSPS) is 48.4. The Balaban J connectivity index is 1.25. The summed E-state index contributed by atoms with van der Waals surface area (Å²) in [5.41, 5.74) is 0. The maximum Gasteiger partial charge on any atom is 0.0319 e. The van der Waals surface area contributed by atoms with E-state index in [4.69, 9.17) is 0 Å². The fraction of sp³-hybridized carbons (Fsp3) is 0.920. The van der Waals surface area contributed by atoms with Crippen LogP contribution >= 0.6 is 0 Å². The molecular weight excluding hydrogens is 314 g/mol. The number of fused-ring (bicyclic) bond motifs is 4. The van der Waals surface area contributed by atoms with Gasteiger partial charge in [0.25, 0.3) is 0 Å². The van der Waals surface area contributed by atoms with Crippen LogP contribution in [0.15, 0.2) is 12.8 Å². The van der Waals surface area contributed by atoms with Gasteiger partial charge in [-0.15, -0.1) is 0 Å². The van der Waals surface area contributed by atoms with E-state index < -0.39 is 0 Å². The third kappa shape index (κ3) is 3.06. The Bertz CT molecular complexity index is 496. The van der Waals surface area contributed by atoms with Gasteiger partial charge < -0.3 is 4.90 Å². The standard InChI is InChI=1S/C25H41N/c1-2-26-24-13-6-5-12-22(24)23-17-18(14-15-25(23)26)16-20-10-7-9-19-8-3-4-11-21(19)20/h2,18-25H,1,3-17H2. The van der Waals surface area contributed by atoms with Crippen LogP contribution in [0, 0.1) is 35.5 Å². The lowest BCUT2D eigenvalue weighted by Crippen LogP contribution is -2.37. The molecule has 0 spiro atoms. The number of hydrogen-bond donors (Lipinski definition) is 0. The summed E-state index contributed by atoms with van der Waals surface area (Å²) in [6, 6.07) is 1.71. The minimum absolute atomic E-state index is 0.852. The highest BCUT2D eigenvalue weighted by Crippen LogP contribution is 2.53. The molecule has 4 aliphatic carbocycles. The van der Waals surface area contributed by atoms with E-state index in [0.29, 0.717) is 0 Å². The van der Waals surface area contributed by atoms with Crippen molar-refractivity contribution in [3.05, 3.63) is 12.8 Å². The van der Waals surface area contributed by atoms with Crippen molar-refractivity contribution in [2.45, 2.75) is 108 Å². The first-order valence-electron chi connectivity index (χ1n) is 12.2. The molecule has 146 valence electrons. The van der Waals surface area contributed by atoms with E-state index >= 15 is 0 Å². The number of rotatable bonds is 3. The molecule has 8 unspecified atom stereocenters. The van der Waals surface area contributed by atoms with Crippen LogP contribution in [0.1, 0.15) is 96.3 Å². The van der Waals surface area contributed by atoms with Gasteiger partial charge in [0.2, 0.25) is 0 Å². The Morgan fingerprint density at radius 3 is 2.31 bits per heavy atom. The minimum atomic E-state index is 0.852. The van der Waals surface area contributed by atoms with Crippen molar-refractivity contribution in [1.29, 1.82) is 0 Å². The van der Waals surface area contributed by atoms with Gasteiger partial charge in [0.1, 0.15) is 0 Å².